The fourth-order valence-electron chi connectivity index (χ4n) is 3.20. The van der Waals surface area contributed by atoms with E-state index in [-0.39, 0.29) is 24.1 Å². The first-order valence-electron chi connectivity index (χ1n) is 8.11. The maximum atomic E-state index is 13.2. The number of rotatable bonds is 5. The maximum Gasteiger partial charge on any atom is 0.416 e. The molecule has 1 aromatic carbocycles. The van der Waals surface area contributed by atoms with Gasteiger partial charge >= 0.3 is 6.18 Å². The predicted molar refractivity (Wildman–Crippen MR) is 87.8 cm³/mol. The first-order valence-corrected chi connectivity index (χ1v) is 8.49. The summed E-state index contributed by atoms with van der Waals surface area (Å²) in [5.74, 6) is -0.0911. The largest absolute Gasteiger partial charge is 0.416 e. The van der Waals surface area contributed by atoms with Crippen LogP contribution in [0.5, 0.6) is 0 Å². The molecular weight excluding hydrogens is 341 g/mol. The van der Waals surface area contributed by atoms with Gasteiger partial charge in [0.05, 0.1) is 5.56 Å². The molecule has 0 radical (unpaired) electrons. The van der Waals surface area contributed by atoms with Crippen molar-refractivity contribution in [2.45, 2.75) is 51.4 Å². The molecule has 0 bridgehead atoms. The smallest absolute Gasteiger partial charge is 0.356 e. The third-order valence-corrected chi connectivity index (χ3v) is 4.58. The van der Waals surface area contributed by atoms with Gasteiger partial charge in [-0.05, 0) is 49.6 Å². The monoisotopic (exact) mass is 362 g/mol. The van der Waals surface area contributed by atoms with Crippen LogP contribution in [0.4, 0.5) is 13.2 Å². The van der Waals surface area contributed by atoms with Gasteiger partial charge in [-0.25, -0.2) is 0 Å². The van der Waals surface area contributed by atoms with E-state index < -0.39 is 11.7 Å². The van der Waals surface area contributed by atoms with Crippen molar-refractivity contribution in [3.05, 3.63) is 34.3 Å². The molecule has 1 aliphatic heterocycles. The number of hydrogen-bond acceptors (Lipinski definition) is 2. The Balaban J connectivity index is 2.12. The normalized spacial score (nSPS) is 19.3. The summed E-state index contributed by atoms with van der Waals surface area (Å²) in [6.45, 7) is 2.98. The summed E-state index contributed by atoms with van der Waals surface area (Å²) >= 11 is 5.91. The number of hydrogen-bond donors (Lipinski definition) is 1. The van der Waals surface area contributed by atoms with E-state index in [9.17, 15) is 18.0 Å². The first kappa shape index (κ1) is 19.1. The Kier molecular flexibility index (Phi) is 6.52. The van der Waals surface area contributed by atoms with Gasteiger partial charge in [-0.2, -0.15) is 13.2 Å². The van der Waals surface area contributed by atoms with Crippen LogP contribution in [0.1, 0.15) is 43.7 Å². The van der Waals surface area contributed by atoms with Crippen LogP contribution in [0.15, 0.2) is 18.2 Å². The van der Waals surface area contributed by atoms with Crippen LogP contribution in [0.3, 0.4) is 0 Å². The van der Waals surface area contributed by atoms with Crippen molar-refractivity contribution in [3.63, 3.8) is 0 Å². The number of nitrogens with zero attached hydrogens (tertiary/aromatic N) is 1. The number of alkyl halides is 3. The van der Waals surface area contributed by atoms with Crippen molar-refractivity contribution in [1.29, 1.82) is 0 Å². The summed E-state index contributed by atoms with van der Waals surface area (Å²) in [5.41, 5.74) is -0.417. The first-order chi connectivity index (χ1) is 11.3. The fourth-order valence-corrected chi connectivity index (χ4v) is 3.39. The third kappa shape index (κ3) is 5.38. The number of amides is 1. The molecular formula is C17H22ClF3N2O. The Labute approximate surface area is 145 Å². The Morgan fingerprint density at radius 2 is 2.12 bits per heavy atom. The number of likely N-dealkylation sites (tertiary alicyclic amines) is 1. The van der Waals surface area contributed by atoms with Gasteiger partial charge in [0.25, 0.3) is 0 Å². The van der Waals surface area contributed by atoms with Crippen LogP contribution in [0, 0.1) is 0 Å². The second-order valence-electron chi connectivity index (χ2n) is 6.19. The van der Waals surface area contributed by atoms with Crippen LogP contribution < -0.4 is 5.32 Å². The molecule has 1 saturated heterocycles. The number of carbonyl (C=O) groups excluding carboxylic acids is 1. The van der Waals surface area contributed by atoms with Crippen LogP contribution in [0.2, 0.25) is 5.02 Å². The average molecular weight is 363 g/mol. The minimum absolute atomic E-state index is 0.0911. The van der Waals surface area contributed by atoms with E-state index in [1.165, 1.54) is 19.1 Å². The Morgan fingerprint density at radius 3 is 2.79 bits per heavy atom. The number of nitrogens with one attached hydrogen (secondary N) is 1. The van der Waals surface area contributed by atoms with E-state index in [4.69, 9.17) is 11.6 Å². The molecule has 1 N–H and O–H groups in total. The second kappa shape index (κ2) is 8.21. The topological polar surface area (TPSA) is 32.3 Å². The maximum absolute atomic E-state index is 13.2. The van der Waals surface area contributed by atoms with Gasteiger partial charge in [-0.15, -0.1) is 0 Å². The van der Waals surface area contributed by atoms with Crippen molar-refractivity contribution < 1.29 is 18.0 Å². The molecule has 1 heterocycles. The van der Waals surface area contributed by atoms with E-state index in [0.29, 0.717) is 11.6 Å². The Bertz CT molecular complexity index is 577. The van der Waals surface area contributed by atoms with Gasteiger partial charge in [0.15, 0.2) is 0 Å². The summed E-state index contributed by atoms with van der Waals surface area (Å²) in [5, 5.41) is 3.07. The van der Waals surface area contributed by atoms with E-state index >= 15 is 0 Å². The summed E-state index contributed by atoms with van der Waals surface area (Å²) < 4.78 is 39.6. The lowest BCUT2D eigenvalue weighted by molar-refractivity contribution is -0.138. The highest BCUT2D eigenvalue weighted by atomic mass is 35.5. The second-order valence-corrected chi connectivity index (χ2v) is 6.63. The quantitative estimate of drug-likeness (QED) is 0.849. The molecule has 0 aliphatic carbocycles. The summed E-state index contributed by atoms with van der Waals surface area (Å²) in [6.07, 6.45) is -0.689. The molecule has 134 valence electrons. The van der Waals surface area contributed by atoms with Crippen LogP contribution in [0.25, 0.3) is 0 Å². The van der Waals surface area contributed by atoms with Crippen molar-refractivity contribution in [3.8, 4) is 0 Å². The van der Waals surface area contributed by atoms with Crippen molar-refractivity contribution in [2.75, 3.05) is 13.1 Å². The Hall–Kier alpha value is -1.27. The molecule has 1 aromatic rings. The van der Waals surface area contributed by atoms with Crippen molar-refractivity contribution >= 4 is 17.5 Å². The van der Waals surface area contributed by atoms with Gasteiger partial charge in [0.1, 0.15) is 0 Å². The molecule has 0 aromatic heterocycles. The summed E-state index contributed by atoms with van der Waals surface area (Å²) in [7, 11) is 0. The molecule has 24 heavy (non-hydrogen) atoms. The SMILES string of the molecule is CC(=O)NCC[C@@H]1CCCCN1Cc1cc(Cl)ccc1C(F)(F)F. The minimum atomic E-state index is -4.39. The van der Waals surface area contributed by atoms with E-state index in [1.807, 2.05) is 0 Å². The highest BCUT2D eigenvalue weighted by molar-refractivity contribution is 6.30. The van der Waals surface area contributed by atoms with E-state index in [2.05, 4.69) is 10.2 Å². The fraction of sp³-hybridized carbons (Fsp3) is 0.588. The molecule has 0 spiro atoms. The minimum Gasteiger partial charge on any atom is -0.356 e. The number of halogens is 4. The molecule has 1 fully saturated rings. The number of carbonyl (C=O) groups is 1. The molecule has 7 heteroatoms. The molecule has 1 atom stereocenters. The Morgan fingerprint density at radius 1 is 1.38 bits per heavy atom. The summed E-state index contributed by atoms with van der Waals surface area (Å²) in [4.78, 5) is 13.1. The average Bonchev–Trinajstić information content (AvgIpc) is 2.47. The lowest BCUT2D eigenvalue weighted by Gasteiger charge is -2.36. The van der Waals surface area contributed by atoms with Gasteiger partial charge in [-0.1, -0.05) is 18.0 Å². The number of piperidine rings is 1. The zero-order valence-electron chi connectivity index (χ0n) is 13.6. The standard InChI is InChI=1S/C17H22ClF3N2O/c1-12(24)22-8-7-15-4-2-3-9-23(15)11-13-10-14(18)5-6-16(13)17(19,20)21/h5-6,10,15H,2-4,7-9,11H2,1H3,(H,22,24)/t15-/m0/s1. The third-order valence-electron chi connectivity index (χ3n) is 4.35. The van der Waals surface area contributed by atoms with Gasteiger partial charge in [0, 0.05) is 31.1 Å². The zero-order valence-corrected chi connectivity index (χ0v) is 14.4. The molecule has 0 unspecified atom stereocenters. The van der Waals surface area contributed by atoms with E-state index in [1.54, 1.807) is 0 Å². The highest BCUT2D eigenvalue weighted by Crippen LogP contribution is 2.35. The van der Waals surface area contributed by atoms with Gasteiger partial charge in [-0.3, -0.25) is 9.69 Å². The van der Waals surface area contributed by atoms with Gasteiger partial charge < -0.3 is 5.32 Å². The molecule has 2 rings (SSSR count). The summed E-state index contributed by atoms with van der Waals surface area (Å²) in [6, 6.07) is 3.90. The lowest BCUT2D eigenvalue weighted by atomic mass is 9.97. The predicted octanol–water partition coefficient (Wildman–Crippen LogP) is 4.24. The molecule has 1 aliphatic rings. The van der Waals surface area contributed by atoms with Crippen LogP contribution in [-0.2, 0) is 17.5 Å². The molecule has 0 saturated carbocycles. The van der Waals surface area contributed by atoms with Crippen LogP contribution in [-0.4, -0.2) is 29.9 Å². The van der Waals surface area contributed by atoms with Crippen molar-refractivity contribution in [1.82, 2.24) is 10.2 Å². The lowest BCUT2D eigenvalue weighted by Crippen LogP contribution is -2.41. The van der Waals surface area contributed by atoms with E-state index in [0.717, 1.165) is 38.3 Å². The molecule has 1 amide bonds. The zero-order chi connectivity index (χ0) is 17.7. The highest BCUT2D eigenvalue weighted by Gasteiger charge is 2.34. The number of benzene rings is 1. The van der Waals surface area contributed by atoms with Gasteiger partial charge in [0.2, 0.25) is 5.91 Å². The van der Waals surface area contributed by atoms with Crippen LogP contribution >= 0.6 is 11.6 Å². The molecule has 3 nitrogen and oxygen atoms in total. The van der Waals surface area contributed by atoms with Crippen molar-refractivity contribution in [2.24, 2.45) is 0 Å².